The first-order valence-corrected chi connectivity index (χ1v) is 15.3. The quantitative estimate of drug-likeness (QED) is 0.265. The fourth-order valence-corrected chi connectivity index (χ4v) is 6.92. The fourth-order valence-electron chi connectivity index (χ4n) is 5.27. The number of aliphatic carboxylic acids is 1. The van der Waals surface area contributed by atoms with Gasteiger partial charge in [0.15, 0.2) is 6.04 Å². The summed E-state index contributed by atoms with van der Waals surface area (Å²) in [7, 11) is -4.10. The predicted octanol–water partition coefficient (Wildman–Crippen LogP) is 1.03. The summed E-state index contributed by atoms with van der Waals surface area (Å²) in [5.74, 6) is -2.35. The van der Waals surface area contributed by atoms with Crippen LogP contribution in [0.15, 0.2) is 59.5 Å². The summed E-state index contributed by atoms with van der Waals surface area (Å²) in [4.78, 5) is 45.4. The number of sulfonamides is 1. The van der Waals surface area contributed by atoms with Gasteiger partial charge in [0.25, 0.3) is 5.91 Å². The molecule has 14 heteroatoms. The van der Waals surface area contributed by atoms with E-state index < -0.39 is 40.1 Å². The van der Waals surface area contributed by atoms with Gasteiger partial charge in [-0.2, -0.15) is 14.8 Å². The average Bonchev–Trinajstić information content (AvgIpc) is 3.47. The zero-order valence-corrected chi connectivity index (χ0v) is 24.4. The van der Waals surface area contributed by atoms with E-state index >= 15 is 0 Å². The molecule has 2 atom stereocenters. The van der Waals surface area contributed by atoms with Gasteiger partial charge in [-0.3, -0.25) is 4.79 Å². The van der Waals surface area contributed by atoms with E-state index in [1.54, 1.807) is 42.5 Å². The zero-order valence-electron chi connectivity index (χ0n) is 23.6. The predicted molar refractivity (Wildman–Crippen MR) is 151 cm³/mol. The Kier molecular flexibility index (Phi) is 10.2. The first kappa shape index (κ1) is 31.4. The third-order valence-corrected chi connectivity index (χ3v) is 9.49. The van der Waals surface area contributed by atoms with Crippen molar-refractivity contribution in [1.82, 2.24) is 14.8 Å². The van der Waals surface area contributed by atoms with Gasteiger partial charge in [0.1, 0.15) is 25.7 Å². The number of nitrogens with two attached hydrogens (primary N) is 1. The minimum Gasteiger partial charge on any atom is -0.480 e. The summed E-state index contributed by atoms with van der Waals surface area (Å²) in [6.07, 6.45) is -0.727. The highest BCUT2D eigenvalue weighted by Gasteiger charge is 2.46. The van der Waals surface area contributed by atoms with Gasteiger partial charge in [0, 0.05) is 19.5 Å². The summed E-state index contributed by atoms with van der Waals surface area (Å²) in [6.45, 7) is 4.03. The van der Waals surface area contributed by atoms with Gasteiger partial charge in [-0.25, -0.2) is 22.6 Å². The standard InChI is InChI=1S/C28H37N5O8S/c1-21-9-11-23(12-10-21)42(38,39)31-14-5-8-24(31)26(34)32(25(27(35)36)20-22-6-3-2-4-7-22)41-28(37)30-33(15-13-29)16-18-40-19-17-33/h2-4,6-7,9-12,24-25H,5,8,13-20,29H2,1H3,(H-,30,35,36,37)/p+1/t24-,25-/m0/s1. The van der Waals surface area contributed by atoms with Gasteiger partial charge in [0.2, 0.25) is 10.0 Å². The monoisotopic (exact) mass is 604 g/mol. The molecule has 2 saturated heterocycles. The van der Waals surface area contributed by atoms with Crippen LogP contribution in [0.2, 0.25) is 0 Å². The van der Waals surface area contributed by atoms with Gasteiger partial charge in [-0.05, 0) is 37.5 Å². The number of carbonyl (C=O) groups is 3. The number of aryl methyl sites for hydroxylation is 1. The molecule has 2 fully saturated rings. The highest BCUT2D eigenvalue weighted by atomic mass is 32.2. The van der Waals surface area contributed by atoms with Gasteiger partial charge in [0.05, 0.1) is 18.1 Å². The summed E-state index contributed by atoms with van der Waals surface area (Å²) in [5.41, 5.74) is 9.98. The largest absolute Gasteiger partial charge is 0.480 e. The summed E-state index contributed by atoms with van der Waals surface area (Å²) in [6, 6.07) is 11.9. The molecule has 42 heavy (non-hydrogen) atoms. The van der Waals surface area contributed by atoms with Gasteiger partial charge < -0.3 is 20.4 Å². The van der Waals surface area contributed by atoms with Crippen molar-refractivity contribution in [2.45, 2.75) is 43.2 Å². The summed E-state index contributed by atoms with van der Waals surface area (Å²) >= 11 is 0. The number of rotatable bonds is 10. The number of ether oxygens (including phenoxy) is 1. The van der Waals surface area contributed by atoms with Crippen molar-refractivity contribution in [3.63, 3.8) is 0 Å². The molecule has 4 rings (SSSR count). The Morgan fingerprint density at radius 2 is 1.81 bits per heavy atom. The van der Waals surface area contributed by atoms with Crippen LogP contribution in [0.5, 0.6) is 0 Å². The molecule has 0 bridgehead atoms. The fraction of sp³-hybridized carbons (Fsp3) is 0.464. The van der Waals surface area contributed by atoms with E-state index in [2.05, 4.69) is 5.43 Å². The van der Waals surface area contributed by atoms with Crippen LogP contribution in [0, 0.1) is 6.92 Å². The van der Waals surface area contributed by atoms with Crippen LogP contribution in [0.1, 0.15) is 24.0 Å². The molecule has 4 N–H and O–H groups in total. The van der Waals surface area contributed by atoms with Crippen LogP contribution in [0.25, 0.3) is 0 Å². The lowest BCUT2D eigenvalue weighted by molar-refractivity contribution is -0.967. The molecule has 228 valence electrons. The normalized spacial score (nSPS) is 19.5. The minimum atomic E-state index is -4.10. The van der Waals surface area contributed by atoms with Gasteiger partial charge in [-0.1, -0.05) is 48.0 Å². The SMILES string of the molecule is Cc1ccc(S(=O)(=O)N2CCC[C@H]2C(=O)N(OC(=O)N[N+]2(CCN)CCOCC2)[C@@H](Cc2ccccc2)C(=O)O)cc1. The Morgan fingerprint density at radius 1 is 1.14 bits per heavy atom. The van der Waals surface area contributed by atoms with E-state index in [-0.39, 0.29) is 35.4 Å². The molecule has 2 aromatic rings. The number of hydroxylamine groups is 2. The number of hydrogen-bond acceptors (Lipinski definition) is 8. The number of carboxylic acids is 1. The number of benzene rings is 2. The number of morpholine rings is 1. The van der Waals surface area contributed by atoms with E-state index in [0.717, 1.165) is 9.87 Å². The number of carboxylic acid groups (broad SMARTS) is 1. The molecule has 13 nitrogen and oxygen atoms in total. The third kappa shape index (κ3) is 7.25. The highest BCUT2D eigenvalue weighted by Crippen LogP contribution is 2.29. The molecule has 2 aromatic carbocycles. The number of nitrogens with one attached hydrogen (secondary N) is 1. The molecule has 0 unspecified atom stereocenters. The molecule has 2 heterocycles. The van der Waals surface area contributed by atoms with Crippen molar-refractivity contribution in [3.05, 3.63) is 65.7 Å². The van der Waals surface area contributed by atoms with Crippen molar-refractivity contribution in [2.75, 3.05) is 45.9 Å². The van der Waals surface area contributed by atoms with E-state index in [1.807, 2.05) is 6.92 Å². The van der Waals surface area contributed by atoms with E-state index in [4.69, 9.17) is 15.3 Å². The number of quaternary nitrogens is 1. The number of amides is 2. The van der Waals surface area contributed by atoms with E-state index in [1.165, 1.54) is 12.1 Å². The highest BCUT2D eigenvalue weighted by molar-refractivity contribution is 7.89. The van der Waals surface area contributed by atoms with Crippen LogP contribution in [0.4, 0.5) is 4.79 Å². The molecule has 0 saturated carbocycles. The van der Waals surface area contributed by atoms with Gasteiger partial charge >= 0.3 is 12.1 Å². The number of hydrogen-bond donors (Lipinski definition) is 3. The topological polar surface area (TPSA) is 169 Å². The van der Waals surface area contributed by atoms with E-state index in [9.17, 15) is 27.9 Å². The molecule has 2 amide bonds. The second kappa shape index (κ2) is 13.6. The van der Waals surface area contributed by atoms with Crippen LogP contribution in [-0.2, 0) is 35.6 Å². The van der Waals surface area contributed by atoms with E-state index in [0.29, 0.717) is 49.9 Å². The Morgan fingerprint density at radius 3 is 2.43 bits per heavy atom. The van der Waals surface area contributed by atoms with Crippen molar-refractivity contribution in [2.24, 2.45) is 5.73 Å². The third-order valence-electron chi connectivity index (χ3n) is 7.57. The smallest absolute Gasteiger partial charge is 0.476 e. The van der Waals surface area contributed by atoms with Crippen LogP contribution in [-0.4, -0.2) is 103 Å². The van der Waals surface area contributed by atoms with Crippen molar-refractivity contribution < 1.29 is 42.1 Å². The molecule has 0 radical (unpaired) electrons. The van der Waals surface area contributed by atoms with Crippen molar-refractivity contribution in [3.8, 4) is 0 Å². The summed E-state index contributed by atoms with van der Waals surface area (Å²) < 4.78 is 33.6. The molecule has 0 spiro atoms. The van der Waals surface area contributed by atoms with Gasteiger partial charge in [-0.15, -0.1) is 0 Å². The average molecular weight is 605 g/mol. The number of nitrogens with zero attached hydrogens (tertiary/aromatic N) is 3. The van der Waals surface area contributed by atoms with Crippen molar-refractivity contribution >= 4 is 28.0 Å². The maximum absolute atomic E-state index is 14.1. The second-order valence-corrected chi connectivity index (χ2v) is 12.4. The molecule has 0 aliphatic carbocycles. The first-order valence-electron chi connectivity index (χ1n) is 13.9. The first-order chi connectivity index (χ1) is 20.1. The Hall–Kier alpha value is -3.56. The molecular formula is C28H38N5O8S+. The zero-order chi connectivity index (χ0) is 30.3. The lowest BCUT2D eigenvalue weighted by atomic mass is 10.0. The number of carbonyl (C=O) groups excluding carboxylic acids is 2. The van der Waals surface area contributed by atoms with Crippen LogP contribution < -0.4 is 11.2 Å². The molecule has 0 aromatic heterocycles. The lowest BCUT2D eigenvalue weighted by Gasteiger charge is -2.40. The maximum Gasteiger partial charge on any atom is 0.476 e. The lowest BCUT2D eigenvalue weighted by Crippen LogP contribution is -2.67. The molecule has 2 aliphatic rings. The second-order valence-electron chi connectivity index (χ2n) is 10.5. The minimum absolute atomic E-state index is 0.0117. The van der Waals surface area contributed by atoms with Crippen LogP contribution in [0.3, 0.4) is 0 Å². The Labute approximate surface area is 245 Å². The van der Waals surface area contributed by atoms with Crippen LogP contribution >= 0.6 is 0 Å². The summed E-state index contributed by atoms with van der Waals surface area (Å²) in [5, 5.41) is 10.7. The maximum atomic E-state index is 14.1. The Bertz CT molecular complexity index is 1340. The van der Waals surface area contributed by atoms with Crippen molar-refractivity contribution in [1.29, 1.82) is 0 Å². The molecule has 2 aliphatic heterocycles. The Balaban J connectivity index is 1.65. The molecular weight excluding hydrogens is 566 g/mol.